The van der Waals surface area contributed by atoms with Crippen molar-refractivity contribution in [1.82, 2.24) is 0 Å². The largest absolute Gasteiger partial charge is 0.462 e. The van der Waals surface area contributed by atoms with Crippen LogP contribution >= 0.6 is 11.3 Å². The number of thiophene rings is 1. The minimum atomic E-state index is -3.66. The standard InChI is InChI=1S/C24H25NO5S2/c1-2-30-24(26)23-13-12-20(31-23)17-29-16-18-7-5-10-21(15-18)32(27,28)25-14-6-9-19-8-3-4-11-22(19)25/h3-5,7-8,10-13,15H,2,6,9,14,16-17H2,1H3. The van der Waals surface area contributed by atoms with Gasteiger partial charge in [-0.3, -0.25) is 4.31 Å². The molecule has 1 aliphatic rings. The average molecular weight is 472 g/mol. The first kappa shape index (κ1) is 22.5. The second kappa shape index (κ2) is 9.85. The zero-order chi connectivity index (χ0) is 22.6. The highest BCUT2D eigenvalue weighted by molar-refractivity contribution is 7.92. The van der Waals surface area contributed by atoms with Gasteiger partial charge in [-0.25, -0.2) is 13.2 Å². The summed E-state index contributed by atoms with van der Waals surface area (Å²) in [7, 11) is -3.66. The van der Waals surface area contributed by atoms with Crippen LogP contribution in [0.3, 0.4) is 0 Å². The van der Waals surface area contributed by atoms with E-state index in [0.717, 1.165) is 34.5 Å². The Kier molecular flexibility index (Phi) is 6.93. The number of ether oxygens (including phenoxy) is 2. The van der Waals surface area contributed by atoms with Crippen LogP contribution in [0.1, 0.15) is 39.0 Å². The van der Waals surface area contributed by atoms with Gasteiger partial charge in [-0.05, 0) is 61.2 Å². The number of hydrogen-bond acceptors (Lipinski definition) is 6. The number of esters is 1. The minimum Gasteiger partial charge on any atom is -0.462 e. The van der Waals surface area contributed by atoms with Crippen LogP contribution in [0.15, 0.2) is 65.6 Å². The molecule has 0 saturated heterocycles. The van der Waals surface area contributed by atoms with Crippen LogP contribution < -0.4 is 4.31 Å². The van der Waals surface area contributed by atoms with E-state index >= 15 is 0 Å². The molecule has 0 bridgehead atoms. The SMILES string of the molecule is CCOC(=O)c1ccc(COCc2cccc(S(=O)(=O)N3CCCc4ccccc43)c2)s1. The Balaban J connectivity index is 1.43. The molecule has 3 aromatic rings. The maximum absolute atomic E-state index is 13.4. The van der Waals surface area contributed by atoms with Gasteiger partial charge in [0.05, 0.1) is 30.4 Å². The van der Waals surface area contributed by atoms with Crippen molar-refractivity contribution < 1.29 is 22.7 Å². The number of para-hydroxylation sites is 1. The lowest BCUT2D eigenvalue weighted by molar-refractivity contribution is 0.0532. The van der Waals surface area contributed by atoms with Crippen molar-refractivity contribution in [2.24, 2.45) is 0 Å². The number of carbonyl (C=O) groups is 1. The first-order chi connectivity index (χ1) is 15.5. The molecular weight excluding hydrogens is 446 g/mol. The van der Waals surface area contributed by atoms with E-state index in [1.54, 1.807) is 31.2 Å². The Bertz CT molecular complexity index is 1200. The highest BCUT2D eigenvalue weighted by atomic mass is 32.2. The van der Waals surface area contributed by atoms with E-state index in [1.165, 1.54) is 15.6 Å². The molecule has 32 heavy (non-hydrogen) atoms. The first-order valence-corrected chi connectivity index (χ1v) is 12.8. The van der Waals surface area contributed by atoms with Crippen LogP contribution in [0.4, 0.5) is 5.69 Å². The van der Waals surface area contributed by atoms with Gasteiger partial charge in [-0.15, -0.1) is 11.3 Å². The zero-order valence-corrected chi connectivity index (χ0v) is 19.5. The number of carbonyl (C=O) groups excluding carboxylic acids is 1. The van der Waals surface area contributed by atoms with E-state index in [2.05, 4.69) is 0 Å². The van der Waals surface area contributed by atoms with Crippen molar-refractivity contribution in [3.63, 3.8) is 0 Å². The highest BCUT2D eigenvalue weighted by Gasteiger charge is 2.28. The third-order valence-electron chi connectivity index (χ3n) is 5.21. The van der Waals surface area contributed by atoms with Crippen LogP contribution in [-0.2, 0) is 39.1 Å². The summed E-state index contributed by atoms with van der Waals surface area (Å²) < 4.78 is 39.0. The number of aryl methyl sites for hydroxylation is 1. The minimum absolute atomic E-state index is 0.260. The molecule has 0 N–H and O–H groups in total. The fraction of sp³-hybridized carbons (Fsp3) is 0.292. The Morgan fingerprint density at radius 3 is 2.75 bits per heavy atom. The quantitative estimate of drug-likeness (QED) is 0.442. The second-order valence-electron chi connectivity index (χ2n) is 7.44. The van der Waals surface area contributed by atoms with E-state index in [0.29, 0.717) is 24.6 Å². The summed E-state index contributed by atoms with van der Waals surface area (Å²) in [5, 5.41) is 0. The summed E-state index contributed by atoms with van der Waals surface area (Å²) in [6.45, 7) is 3.19. The number of fused-ring (bicyclic) bond motifs is 1. The third kappa shape index (κ3) is 4.87. The number of benzene rings is 2. The fourth-order valence-electron chi connectivity index (χ4n) is 3.71. The van der Waals surface area contributed by atoms with Gasteiger partial charge < -0.3 is 9.47 Å². The molecule has 1 aromatic heterocycles. The van der Waals surface area contributed by atoms with Crippen LogP contribution in [0.2, 0.25) is 0 Å². The average Bonchev–Trinajstić information content (AvgIpc) is 3.28. The Hall–Kier alpha value is -2.68. The fourth-order valence-corrected chi connectivity index (χ4v) is 6.16. The van der Waals surface area contributed by atoms with Gasteiger partial charge in [0.2, 0.25) is 0 Å². The lowest BCUT2D eigenvalue weighted by Gasteiger charge is -2.30. The summed E-state index contributed by atoms with van der Waals surface area (Å²) in [4.78, 5) is 13.5. The van der Waals surface area contributed by atoms with Crippen molar-refractivity contribution in [2.45, 2.75) is 37.9 Å². The molecule has 2 heterocycles. The monoisotopic (exact) mass is 471 g/mol. The number of rotatable bonds is 8. The lowest BCUT2D eigenvalue weighted by atomic mass is 10.0. The van der Waals surface area contributed by atoms with Crippen LogP contribution in [0, 0.1) is 0 Å². The van der Waals surface area contributed by atoms with Gasteiger partial charge in [0, 0.05) is 11.4 Å². The number of nitrogens with zero attached hydrogens (tertiary/aromatic N) is 1. The molecule has 2 aromatic carbocycles. The summed E-state index contributed by atoms with van der Waals surface area (Å²) >= 11 is 1.33. The van der Waals surface area contributed by atoms with E-state index in [9.17, 15) is 13.2 Å². The molecule has 168 valence electrons. The number of sulfonamides is 1. The summed E-state index contributed by atoms with van der Waals surface area (Å²) in [6.07, 6.45) is 1.68. The normalized spacial score (nSPS) is 13.6. The number of anilines is 1. The topological polar surface area (TPSA) is 72.9 Å². The van der Waals surface area contributed by atoms with E-state index in [4.69, 9.17) is 9.47 Å². The smallest absolute Gasteiger partial charge is 0.348 e. The lowest BCUT2D eigenvalue weighted by Crippen LogP contribution is -2.35. The molecule has 1 aliphatic heterocycles. The summed E-state index contributed by atoms with van der Waals surface area (Å²) in [5.74, 6) is -0.332. The molecule has 0 amide bonds. The molecule has 0 fully saturated rings. The molecule has 0 saturated carbocycles. The molecule has 0 spiro atoms. The summed E-state index contributed by atoms with van der Waals surface area (Å²) in [5.41, 5.74) is 2.59. The van der Waals surface area contributed by atoms with Gasteiger partial charge in [0.25, 0.3) is 10.0 Å². The van der Waals surface area contributed by atoms with Gasteiger partial charge in [0.15, 0.2) is 0 Å². The summed E-state index contributed by atoms with van der Waals surface area (Å²) in [6, 6.07) is 18.1. The van der Waals surface area contributed by atoms with Crippen LogP contribution in [0.5, 0.6) is 0 Å². The van der Waals surface area contributed by atoms with Crippen LogP contribution in [0.25, 0.3) is 0 Å². The van der Waals surface area contributed by atoms with Crippen LogP contribution in [-0.4, -0.2) is 27.5 Å². The molecule has 0 radical (unpaired) electrons. The van der Waals surface area contributed by atoms with E-state index < -0.39 is 10.0 Å². The van der Waals surface area contributed by atoms with Crippen molar-refractivity contribution in [2.75, 3.05) is 17.5 Å². The van der Waals surface area contributed by atoms with Gasteiger partial charge in [-0.2, -0.15) is 0 Å². The number of hydrogen-bond donors (Lipinski definition) is 0. The second-order valence-corrected chi connectivity index (χ2v) is 10.5. The maximum Gasteiger partial charge on any atom is 0.348 e. The first-order valence-electron chi connectivity index (χ1n) is 10.5. The molecule has 0 unspecified atom stereocenters. The Labute approximate surface area is 192 Å². The highest BCUT2D eigenvalue weighted by Crippen LogP contribution is 2.32. The van der Waals surface area contributed by atoms with Gasteiger partial charge in [0.1, 0.15) is 4.88 Å². The zero-order valence-electron chi connectivity index (χ0n) is 17.8. The third-order valence-corrected chi connectivity index (χ3v) is 8.05. The van der Waals surface area contributed by atoms with E-state index in [1.807, 2.05) is 36.4 Å². The predicted molar refractivity (Wildman–Crippen MR) is 125 cm³/mol. The predicted octanol–water partition coefficient (Wildman–Crippen LogP) is 4.78. The molecule has 4 rings (SSSR count). The van der Waals surface area contributed by atoms with Crippen molar-refractivity contribution in [3.05, 3.63) is 81.5 Å². The Morgan fingerprint density at radius 1 is 1.06 bits per heavy atom. The van der Waals surface area contributed by atoms with Gasteiger partial charge >= 0.3 is 5.97 Å². The van der Waals surface area contributed by atoms with E-state index in [-0.39, 0.29) is 17.5 Å². The molecule has 6 nitrogen and oxygen atoms in total. The van der Waals surface area contributed by atoms with Crippen molar-refractivity contribution in [3.8, 4) is 0 Å². The van der Waals surface area contributed by atoms with Gasteiger partial charge in [-0.1, -0.05) is 30.3 Å². The molecule has 0 atom stereocenters. The Morgan fingerprint density at radius 2 is 1.91 bits per heavy atom. The van der Waals surface area contributed by atoms with Crippen molar-refractivity contribution in [1.29, 1.82) is 0 Å². The van der Waals surface area contributed by atoms with Crippen molar-refractivity contribution >= 4 is 33.0 Å². The molecule has 8 heteroatoms. The maximum atomic E-state index is 13.4. The molecule has 0 aliphatic carbocycles. The molecular formula is C24H25NO5S2.